The third kappa shape index (κ3) is 4.51. The van der Waals surface area contributed by atoms with Crippen molar-refractivity contribution < 1.29 is 9.47 Å². The average Bonchev–Trinajstić information content (AvgIpc) is 2.43. The van der Waals surface area contributed by atoms with Crippen LogP contribution < -0.4 is 9.47 Å². The van der Waals surface area contributed by atoms with Crippen LogP contribution >= 0.6 is 15.9 Å². The Hall–Kier alpha value is -1.99. The highest BCUT2D eigenvalue weighted by Gasteiger charge is 2.04. The zero-order chi connectivity index (χ0) is 15.2. The van der Waals surface area contributed by atoms with E-state index < -0.39 is 0 Å². The molecule has 0 aliphatic carbocycles. The van der Waals surface area contributed by atoms with E-state index in [1.807, 2.05) is 32.0 Å². The Labute approximate surface area is 133 Å². The molecule has 0 aliphatic rings. The maximum Gasteiger partial charge on any atom is 0.137 e. The van der Waals surface area contributed by atoms with Gasteiger partial charge in [0.2, 0.25) is 0 Å². The lowest BCUT2D eigenvalue weighted by Crippen LogP contribution is -2.09. The highest BCUT2D eigenvalue weighted by molar-refractivity contribution is 9.10. The van der Waals surface area contributed by atoms with Crippen molar-refractivity contribution in [1.29, 1.82) is 5.26 Å². The molecule has 4 heteroatoms. The van der Waals surface area contributed by atoms with Gasteiger partial charge in [0, 0.05) is 4.47 Å². The minimum absolute atomic E-state index is 0.392. The van der Waals surface area contributed by atoms with Crippen LogP contribution in [0.2, 0.25) is 0 Å². The zero-order valence-electron chi connectivity index (χ0n) is 12.0. The molecule has 3 nitrogen and oxygen atoms in total. The van der Waals surface area contributed by atoms with E-state index in [9.17, 15) is 0 Å². The Morgan fingerprint density at radius 3 is 2.33 bits per heavy atom. The van der Waals surface area contributed by atoms with Gasteiger partial charge in [-0.15, -0.1) is 0 Å². The lowest BCUT2D eigenvalue weighted by atomic mass is 10.1. The highest BCUT2D eigenvalue weighted by Crippen LogP contribution is 2.22. The van der Waals surface area contributed by atoms with E-state index in [0.29, 0.717) is 24.5 Å². The molecule has 0 N–H and O–H groups in total. The van der Waals surface area contributed by atoms with Gasteiger partial charge in [-0.25, -0.2) is 0 Å². The summed E-state index contributed by atoms with van der Waals surface area (Å²) in [6, 6.07) is 13.6. The van der Waals surface area contributed by atoms with Gasteiger partial charge >= 0.3 is 0 Å². The lowest BCUT2D eigenvalue weighted by Gasteiger charge is -2.10. The van der Waals surface area contributed by atoms with Crippen molar-refractivity contribution in [3.63, 3.8) is 0 Å². The molecule has 2 aromatic carbocycles. The number of nitrogens with zero attached hydrogens (tertiary/aromatic N) is 1. The number of hydrogen-bond donors (Lipinski definition) is 0. The van der Waals surface area contributed by atoms with Gasteiger partial charge in [0.15, 0.2) is 0 Å². The lowest BCUT2D eigenvalue weighted by molar-refractivity contribution is 0.216. The molecular formula is C17H16BrNO2. The molecule has 0 unspecified atom stereocenters. The first-order chi connectivity index (χ1) is 10.1. The van der Waals surface area contributed by atoms with E-state index in [1.54, 1.807) is 12.1 Å². The van der Waals surface area contributed by atoms with E-state index in [2.05, 4.69) is 28.1 Å². The normalized spacial score (nSPS) is 10.0. The Morgan fingerprint density at radius 2 is 1.67 bits per heavy atom. The number of aryl methyl sites for hydroxylation is 2. The smallest absolute Gasteiger partial charge is 0.137 e. The summed E-state index contributed by atoms with van der Waals surface area (Å²) >= 11 is 3.33. The average molecular weight is 346 g/mol. The van der Waals surface area contributed by atoms with Crippen LogP contribution in [0.4, 0.5) is 0 Å². The van der Waals surface area contributed by atoms with Gasteiger partial charge in [-0.05, 0) is 55.3 Å². The summed E-state index contributed by atoms with van der Waals surface area (Å²) in [4.78, 5) is 0. The van der Waals surface area contributed by atoms with Gasteiger partial charge in [0.25, 0.3) is 0 Å². The van der Waals surface area contributed by atoms with Crippen LogP contribution in [-0.2, 0) is 0 Å². The third-order valence-electron chi connectivity index (χ3n) is 2.87. The SMILES string of the molecule is Cc1cc(C)cc(OCCOc2ccc(Br)cc2C#N)c1. The Balaban J connectivity index is 1.89. The molecule has 2 aromatic rings. The second kappa shape index (κ2) is 7.14. The number of rotatable bonds is 5. The second-order valence-corrected chi connectivity index (χ2v) is 5.69. The van der Waals surface area contributed by atoms with Crippen molar-refractivity contribution in [3.05, 3.63) is 57.6 Å². The summed E-state index contributed by atoms with van der Waals surface area (Å²) in [5.74, 6) is 1.41. The molecule has 0 fully saturated rings. The van der Waals surface area contributed by atoms with Gasteiger partial charge in [0.05, 0.1) is 5.56 Å². The molecule has 0 saturated heterocycles. The van der Waals surface area contributed by atoms with E-state index in [-0.39, 0.29) is 0 Å². The summed E-state index contributed by atoms with van der Waals surface area (Å²) in [6.45, 7) is 4.90. The number of halogens is 1. The number of ether oxygens (including phenoxy) is 2. The number of nitriles is 1. The van der Waals surface area contributed by atoms with Crippen LogP contribution in [-0.4, -0.2) is 13.2 Å². The van der Waals surface area contributed by atoms with Crippen molar-refractivity contribution in [2.24, 2.45) is 0 Å². The molecule has 0 atom stereocenters. The topological polar surface area (TPSA) is 42.2 Å². The van der Waals surface area contributed by atoms with Gasteiger partial charge in [-0.1, -0.05) is 22.0 Å². The first-order valence-electron chi connectivity index (χ1n) is 6.62. The molecule has 21 heavy (non-hydrogen) atoms. The predicted octanol–water partition coefficient (Wildman–Crippen LogP) is 4.40. The fraction of sp³-hybridized carbons (Fsp3) is 0.235. The van der Waals surface area contributed by atoms with Gasteiger partial charge in [-0.2, -0.15) is 5.26 Å². The van der Waals surface area contributed by atoms with Crippen LogP contribution in [0.5, 0.6) is 11.5 Å². The Morgan fingerprint density at radius 1 is 1.00 bits per heavy atom. The minimum atomic E-state index is 0.392. The van der Waals surface area contributed by atoms with Crippen molar-refractivity contribution in [1.82, 2.24) is 0 Å². The molecule has 0 aromatic heterocycles. The largest absolute Gasteiger partial charge is 0.490 e. The predicted molar refractivity (Wildman–Crippen MR) is 85.8 cm³/mol. The Kier molecular flexibility index (Phi) is 5.24. The van der Waals surface area contributed by atoms with Crippen LogP contribution in [0.15, 0.2) is 40.9 Å². The second-order valence-electron chi connectivity index (χ2n) is 4.77. The van der Waals surface area contributed by atoms with Gasteiger partial charge in [-0.3, -0.25) is 0 Å². The molecule has 0 amide bonds. The first-order valence-corrected chi connectivity index (χ1v) is 7.41. The van der Waals surface area contributed by atoms with Crippen LogP contribution in [0.3, 0.4) is 0 Å². The molecule has 0 spiro atoms. The third-order valence-corrected chi connectivity index (χ3v) is 3.36. The van der Waals surface area contributed by atoms with Gasteiger partial charge in [0.1, 0.15) is 30.8 Å². The molecule has 0 bridgehead atoms. The van der Waals surface area contributed by atoms with Crippen LogP contribution in [0.1, 0.15) is 16.7 Å². The van der Waals surface area contributed by atoms with Crippen molar-refractivity contribution in [3.8, 4) is 17.6 Å². The number of benzene rings is 2. The summed E-state index contributed by atoms with van der Waals surface area (Å²) in [5.41, 5.74) is 2.85. The van der Waals surface area contributed by atoms with Crippen LogP contribution in [0, 0.1) is 25.2 Å². The number of hydrogen-bond acceptors (Lipinski definition) is 3. The summed E-state index contributed by atoms with van der Waals surface area (Å²) in [6.07, 6.45) is 0. The first kappa shape index (κ1) is 15.4. The molecule has 0 saturated carbocycles. The minimum Gasteiger partial charge on any atom is -0.490 e. The fourth-order valence-electron chi connectivity index (χ4n) is 2.04. The molecular weight excluding hydrogens is 330 g/mol. The van der Waals surface area contributed by atoms with E-state index in [4.69, 9.17) is 14.7 Å². The maximum absolute atomic E-state index is 9.06. The monoisotopic (exact) mass is 345 g/mol. The van der Waals surface area contributed by atoms with Crippen molar-refractivity contribution in [2.75, 3.05) is 13.2 Å². The van der Waals surface area contributed by atoms with E-state index >= 15 is 0 Å². The summed E-state index contributed by atoms with van der Waals surface area (Å²) in [5, 5.41) is 9.06. The summed E-state index contributed by atoms with van der Waals surface area (Å²) < 4.78 is 12.1. The molecule has 108 valence electrons. The van der Waals surface area contributed by atoms with E-state index in [0.717, 1.165) is 10.2 Å². The molecule has 2 rings (SSSR count). The standard InChI is InChI=1S/C17H16BrNO2/c1-12-7-13(2)9-16(8-12)20-5-6-21-17-4-3-15(18)10-14(17)11-19/h3-4,7-10H,5-6H2,1-2H3. The Bertz CT molecular complexity index is 657. The van der Waals surface area contributed by atoms with Crippen molar-refractivity contribution in [2.45, 2.75) is 13.8 Å². The quantitative estimate of drug-likeness (QED) is 0.754. The van der Waals surface area contributed by atoms with Gasteiger partial charge < -0.3 is 9.47 Å². The fourth-order valence-corrected chi connectivity index (χ4v) is 2.40. The molecule has 0 aliphatic heterocycles. The molecule has 0 heterocycles. The van der Waals surface area contributed by atoms with Crippen molar-refractivity contribution >= 4 is 15.9 Å². The zero-order valence-corrected chi connectivity index (χ0v) is 13.6. The van der Waals surface area contributed by atoms with E-state index in [1.165, 1.54) is 11.1 Å². The van der Waals surface area contributed by atoms with Crippen LogP contribution in [0.25, 0.3) is 0 Å². The maximum atomic E-state index is 9.06. The highest BCUT2D eigenvalue weighted by atomic mass is 79.9. The molecule has 0 radical (unpaired) electrons. The summed E-state index contributed by atoms with van der Waals surface area (Å²) in [7, 11) is 0.